The van der Waals surface area contributed by atoms with Crippen molar-refractivity contribution in [1.82, 2.24) is 14.3 Å². The molecule has 126 valence electrons. The summed E-state index contributed by atoms with van der Waals surface area (Å²) in [6, 6.07) is 5.11. The molecule has 0 amide bonds. The van der Waals surface area contributed by atoms with Crippen LogP contribution < -0.4 is 4.74 Å². The van der Waals surface area contributed by atoms with E-state index in [2.05, 4.69) is 9.97 Å². The standard InChI is InChI=1S/C16H22ClN3O2S/c1-10(20(5)23(21)16(2,3)4)14-15(22-6)19-12-8-7-11(17)9-13(12)18-14/h7-10H,1-6H3/t10-,23?/m1/s1. The lowest BCUT2D eigenvalue weighted by molar-refractivity contribution is 0.345. The Morgan fingerprint density at radius 2 is 1.91 bits per heavy atom. The van der Waals surface area contributed by atoms with E-state index in [1.165, 1.54) is 0 Å². The van der Waals surface area contributed by atoms with Crippen LogP contribution in [0.5, 0.6) is 5.88 Å². The van der Waals surface area contributed by atoms with E-state index in [0.29, 0.717) is 27.6 Å². The second-order valence-electron chi connectivity index (χ2n) is 6.33. The van der Waals surface area contributed by atoms with E-state index >= 15 is 0 Å². The Morgan fingerprint density at radius 1 is 1.26 bits per heavy atom. The number of fused-ring (bicyclic) bond motifs is 1. The molecule has 0 aliphatic heterocycles. The molecule has 23 heavy (non-hydrogen) atoms. The highest BCUT2D eigenvalue weighted by Gasteiger charge is 2.35. The van der Waals surface area contributed by atoms with Gasteiger partial charge in [-0.15, -0.1) is 4.31 Å². The largest absolute Gasteiger partial charge is 0.597 e. The second kappa shape index (κ2) is 6.81. The zero-order valence-electron chi connectivity index (χ0n) is 14.3. The molecule has 0 spiro atoms. The minimum atomic E-state index is -1.18. The molecule has 2 atom stereocenters. The van der Waals surface area contributed by atoms with Crippen LogP contribution in [0.3, 0.4) is 0 Å². The lowest BCUT2D eigenvalue weighted by atomic mass is 10.2. The maximum Gasteiger partial charge on any atom is 0.237 e. The molecule has 1 aromatic carbocycles. The fourth-order valence-electron chi connectivity index (χ4n) is 2.20. The molecular formula is C16H22ClN3O2S. The lowest BCUT2D eigenvalue weighted by Crippen LogP contribution is -2.42. The van der Waals surface area contributed by atoms with Crippen LogP contribution in [-0.2, 0) is 11.4 Å². The number of ether oxygens (including phenoxy) is 1. The summed E-state index contributed by atoms with van der Waals surface area (Å²) in [7, 11) is 3.37. The number of rotatable bonds is 4. The van der Waals surface area contributed by atoms with E-state index in [4.69, 9.17) is 16.3 Å². The maximum atomic E-state index is 12.6. The molecule has 0 saturated carbocycles. The van der Waals surface area contributed by atoms with Crippen LogP contribution in [0, 0.1) is 0 Å². The number of nitrogens with zero attached hydrogens (tertiary/aromatic N) is 3. The Bertz CT molecular complexity index is 706. The topological polar surface area (TPSA) is 61.3 Å². The average Bonchev–Trinajstić information content (AvgIpc) is 2.50. The van der Waals surface area contributed by atoms with Crippen molar-refractivity contribution < 1.29 is 9.29 Å². The van der Waals surface area contributed by atoms with Gasteiger partial charge in [0.25, 0.3) is 0 Å². The van der Waals surface area contributed by atoms with Crippen LogP contribution in [0.4, 0.5) is 0 Å². The maximum absolute atomic E-state index is 12.6. The van der Waals surface area contributed by atoms with Gasteiger partial charge in [0.05, 0.1) is 24.2 Å². The van der Waals surface area contributed by atoms with Crippen molar-refractivity contribution in [1.29, 1.82) is 0 Å². The first kappa shape index (κ1) is 18.3. The van der Waals surface area contributed by atoms with Crippen molar-refractivity contribution in [3.8, 4) is 5.88 Å². The van der Waals surface area contributed by atoms with E-state index in [1.807, 2.05) is 34.7 Å². The SMILES string of the molecule is COc1nc2ccc(Cl)cc2nc1[C@@H](C)N(C)[S+]([O-])C(C)(C)C. The molecule has 5 nitrogen and oxygen atoms in total. The zero-order valence-corrected chi connectivity index (χ0v) is 15.8. The summed E-state index contributed by atoms with van der Waals surface area (Å²) in [5, 5.41) is 0.599. The van der Waals surface area contributed by atoms with Gasteiger partial charge >= 0.3 is 0 Å². The van der Waals surface area contributed by atoms with Gasteiger partial charge in [-0.25, -0.2) is 9.97 Å². The van der Waals surface area contributed by atoms with Crippen molar-refractivity contribution in [2.75, 3.05) is 14.2 Å². The van der Waals surface area contributed by atoms with Crippen LogP contribution in [0.25, 0.3) is 11.0 Å². The molecule has 0 N–H and O–H groups in total. The van der Waals surface area contributed by atoms with Crippen molar-refractivity contribution in [3.63, 3.8) is 0 Å². The summed E-state index contributed by atoms with van der Waals surface area (Å²) >= 11 is 4.86. The predicted octanol–water partition coefficient (Wildman–Crippen LogP) is 3.75. The van der Waals surface area contributed by atoms with E-state index in [1.54, 1.807) is 29.6 Å². The molecule has 1 unspecified atom stereocenters. The van der Waals surface area contributed by atoms with Gasteiger partial charge in [0.15, 0.2) is 0 Å². The Balaban J connectivity index is 2.48. The molecule has 1 aromatic heterocycles. The predicted molar refractivity (Wildman–Crippen MR) is 95.2 cm³/mol. The molecule has 0 fully saturated rings. The summed E-state index contributed by atoms with van der Waals surface area (Å²) < 4.78 is 19.4. The second-order valence-corrected chi connectivity index (χ2v) is 9.07. The zero-order chi connectivity index (χ0) is 17.4. The molecule has 0 saturated heterocycles. The van der Waals surface area contributed by atoms with Crippen LogP contribution >= 0.6 is 11.6 Å². The summed E-state index contributed by atoms with van der Waals surface area (Å²) in [6.45, 7) is 7.76. The van der Waals surface area contributed by atoms with Gasteiger partial charge in [0.2, 0.25) is 5.88 Å². The van der Waals surface area contributed by atoms with Crippen molar-refractivity contribution in [2.24, 2.45) is 0 Å². The van der Waals surface area contributed by atoms with Crippen LogP contribution in [0.15, 0.2) is 18.2 Å². The molecule has 2 rings (SSSR count). The van der Waals surface area contributed by atoms with E-state index in [9.17, 15) is 4.55 Å². The third kappa shape index (κ3) is 3.88. The summed E-state index contributed by atoms with van der Waals surface area (Å²) in [5.41, 5.74) is 2.04. The molecule has 1 heterocycles. The highest BCUT2D eigenvalue weighted by Crippen LogP contribution is 2.32. The van der Waals surface area contributed by atoms with Crippen LogP contribution in [0.1, 0.15) is 39.4 Å². The third-order valence-electron chi connectivity index (χ3n) is 3.54. The van der Waals surface area contributed by atoms with E-state index < -0.39 is 11.4 Å². The van der Waals surface area contributed by atoms with Gasteiger partial charge in [-0.1, -0.05) is 11.6 Å². The van der Waals surface area contributed by atoms with E-state index in [-0.39, 0.29) is 10.8 Å². The average molecular weight is 356 g/mol. The summed E-state index contributed by atoms with van der Waals surface area (Å²) in [6.07, 6.45) is 0. The van der Waals surface area contributed by atoms with Gasteiger partial charge in [0.1, 0.15) is 10.4 Å². The van der Waals surface area contributed by atoms with Crippen molar-refractivity contribution in [2.45, 2.75) is 38.5 Å². The number of benzene rings is 1. The number of hydrogen-bond donors (Lipinski definition) is 0. The highest BCUT2D eigenvalue weighted by atomic mass is 35.5. The lowest BCUT2D eigenvalue weighted by Gasteiger charge is -2.33. The fourth-order valence-corrected chi connectivity index (χ4v) is 3.61. The number of methoxy groups -OCH3 is 1. The summed E-state index contributed by atoms with van der Waals surface area (Å²) in [5.74, 6) is 0.435. The molecular weight excluding hydrogens is 334 g/mol. The number of aromatic nitrogens is 2. The van der Waals surface area contributed by atoms with Crippen molar-refractivity contribution in [3.05, 3.63) is 28.9 Å². The number of hydrogen-bond acceptors (Lipinski definition) is 5. The Hall–Kier alpha value is -1.08. The first-order valence-electron chi connectivity index (χ1n) is 7.31. The molecule has 0 aliphatic carbocycles. The Kier molecular flexibility index (Phi) is 5.41. The molecule has 2 aromatic rings. The van der Waals surface area contributed by atoms with Crippen LogP contribution in [-0.4, -0.2) is 37.7 Å². The monoisotopic (exact) mass is 355 g/mol. The quantitative estimate of drug-likeness (QED) is 0.782. The van der Waals surface area contributed by atoms with Gasteiger partial charge < -0.3 is 9.29 Å². The smallest absolute Gasteiger partial charge is 0.237 e. The Morgan fingerprint density at radius 3 is 2.48 bits per heavy atom. The minimum Gasteiger partial charge on any atom is -0.597 e. The van der Waals surface area contributed by atoms with Gasteiger partial charge in [-0.2, -0.15) is 0 Å². The molecule has 0 aliphatic rings. The highest BCUT2D eigenvalue weighted by molar-refractivity contribution is 7.90. The van der Waals surface area contributed by atoms with E-state index in [0.717, 1.165) is 0 Å². The fraction of sp³-hybridized carbons (Fsp3) is 0.500. The molecule has 0 radical (unpaired) electrons. The first-order valence-corrected chi connectivity index (χ1v) is 8.79. The van der Waals surface area contributed by atoms with Gasteiger partial charge in [-0.05, 0) is 45.9 Å². The molecule has 7 heteroatoms. The van der Waals surface area contributed by atoms with Gasteiger partial charge in [0, 0.05) is 23.4 Å². The Labute approximate surface area is 145 Å². The third-order valence-corrected chi connectivity index (χ3v) is 5.66. The van der Waals surface area contributed by atoms with Crippen LogP contribution in [0.2, 0.25) is 5.02 Å². The number of halogens is 1. The van der Waals surface area contributed by atoms with Gasteiger partial charge in [-0.3, -0.25) is 0 Å². The van der Waals surface area contributed by atoms with Crippen molar-refractivity contribution >= 4 is 34.0 Å². The molecule has 0 bridgehead atoms. The first-order chi connectivity index (χ1) is 10.6. The normalized spacial score (nSPS) is 15.0. The minimum absolute atomic E-state index is 0.221. The summed E-state index contributed by atoms with van der Waals surface area (Å²) in [4.78, 5) is 9.14.